The minimum absolute atomic E-state index is 0.846. The molecule has 158 valence electrons. The molecule has 0 N–H and O–H groups in total. The van der Waals surface area contributed by atoms with Crippen LogP contribution < -0.4 is 0 Å². The van der Waals surface area contributed by atoms with Crippen molar-refractivity contribution in [1.82, 2.24) is 0 Å². The van der Waals surface area contributed by atoms with Gasteiger partial charge in [-0.25, -0.2) is 0 Å². The van der Waals surface area contributed by atoms with E-state index in [1.807, 2.05) is 0 Å². The van der Waals surface area contributed by atoms with Crippen molar-refractivity contribution in [2.75, 3.05) is 0 Å². The fraction of sp³-hybridized carbons (Fsp3) is 1.00. The van der Waals surface area contributed by atoms with Crippen LogP contribution in [0, 0.1) is 154 Å². The molecule has 29 unspecified atom stereocenters. The van der Waals surface area contributed by atoms with Crippen LogP contribution in [0.3, 0.4) is 0 Å². The first-order valence-electron chi connectivity index (χ1n) is 16.0. The maximum atomic E-state index is 3.87. The predicted molar refractivity (Wildman–Crippen MR) is 112 cm³/mol. The predicted octanol–water partition coefficient (Wildman–Crippen LogP) is 3.53. The molecule has 0 aromatic heterocycles. The lowest BCUT2D eigenvalue weighted by Crippen LogP contribution is -3.51. The third-order valence-electron chi connectivity index (χ3n) is 26.1. The smallest absolute Gasteiger partial charge is 0.000928 e. The van der Waals surface area contributed by atoms with Crippen LogP contribution in [0.4, 0.5) is 0 Å². The number of hydrogen-bond donors (Lipinski definition) is 0. The summed E-state index contributed by atoms with van der Waals surface area (Å²) < 4.78 is 0. The number of fused-ring (bicyclic) bond motifs is 12. The topological polar surface area (TPSA) is 0 Å². The second-order valence-corrected chi connectivity index (χ2v) is 21.1. The maximum absolute atomic E-state index is 3.87. The molecule has 21 aliphatic rings. The fourth-order valence-electron chi connectivity index (χ4n) is 31.8. The quantitative estimate of drug-likeness (QED) is 0.506. The van der Waals surface area contributed by atoms with Crippen molar-refractivity contribution in [3.8, 4) is 0 Å². The molecule has 21 saturated carbocycles. The number of rotatable bonds is 0. The van der Waals surface area contributed by atoms with Crippen LogP contribution in [0.15, 0.2) is 0 Å². The van der Waals surface area contributed by atoms with Gasteiger partial charge in [0.05, 0.1) is 0 Å². The fourth-order valence-corrected chi connectivity index (χ4v) is 33.3. The van der Waals surface area contributed by atoms with Gasteiger partial charge in [-0.3, -0.25) is 0 Å². The van der Waals surface area contributed by atoms with E-state index < -0.39 is 0 Å². The van der Waals surface area contributed by atoms with E-state index in [-0.39, 0.29) is 0 Å². The summed E-state index contributed by atoms with van der Waals surface area (Å²) in [6.07, 6.45) is 7.06. The lowest BCUT2D eigenvalue weighted by Gasteiger charge is -3.51. The second-order valence-electron chi connectivity index (χ2n) is 20.2. The minimum atomic E-state index is 0.846. The average molecular weight is 441 g/mol. The molecule has 0 aliphatic heterocycles. The van der Waals surface area contributed by atoms with Crippen molar-refractivity contribution in [1.29, 1.82) is 0 Å². The highest BCUT2D eigenvalue weighted by Crippen LogP contribution is 3.53. The normalized spacial score (nSPS) is 128. The van der Waals surface area contributed by atoms with Crippen molar-refractivity contribution >= 4 is 9.24 Å². The first-order valence-corrected chi connectivity index (χ1v) is 16.6. The van der Waals surface area contributed by atoms with Crippen LogP contribution in [-0.2, 0) is 0 Å². The zero-order chi connectivity index (χ0) is 19.0. The Labute approximate surface area is 193 Å². The molecule has 29 atom stereocenters. The van der Waals surface area contributed by atoms with Gasteiger partial charge >= 0.3 is 0 Å². The van der Waals surface area contributed by atoms with Crippen LogP contribution in [0.2, 0.25) is 0 Å². The van der Waals surface area contributed by atoms with Gasteiger partial charge in [-0.15, -0.1) is 9.24 Å². The summed E-state index contributed by atoms with van der Waals surface area (Å²) >= 11 is 0. The summed E-state index contributed by atoms with van der Waals surface area (Å²) in [7, 11) is 3.87. The molecule has 0 heterocycles. The van der Waals surface area contributed by atoms with E-state index in [1.165, 1.54) is 88.8 Å². The molecular weight excluding hydrogens is 415 g/mol. The first-order chi connectivity index (χ1) is 16.3. The zero-order valence-electron chi connectivity index (χ0n) is 18.6. The molecule has 12 spiro atoms. The van der Waals surface area contributed by atoms with E-state index in [2.05, 4.69) is 9.24 Å². The molecule has 0 aromatic rings. The van der Waals surface area contributed by atoms with Crippen LogP contribution in [0.1, 0.15) is 25.7 Å². The lowest BCUT2D eigenvalue weighted by molar-refractivity contribution is -1.06. The van der Waals surface area contributed by atoms with E-state index in [4.69, 9.17) is 0 Å². The molecule has 0 bridgehead atoms. The second kappa shape index (κ2) is 1.97. The van der Waals surface area contributed by atoms with Crippen LogP contribution in [0.25, 0.3) is 0 Å². The summed E-state index contributed by atoms with van der Waals surface area (Å²) in [4.78, 5) is 0. The molecule has 0 amide bonds. The highest BCUT2D eigenvalue weighted by Gasteiger charge is 3.52. The maximum Gasteiger partial charge on any atom is 0.000928 e. The summed E-state index contributed by atoms with van der Waals surface area (Å²) in [6, 6.07) is 0. The average Bonchev–Trinajstić information content (AvgIpc) is 2.67. The standard InChI is InChI=1S/C32H25P/c33-24-12-4-8-7-3-10-14-17-16-13-9-1-5-6-2-11-15-18-19(24)31-29(17,27(14)22(7,10)23(8,12)32(24,27)31)28(16)25(13)20(5,9)21(6,11)26(15,25)30(18,28)31/h5-19H,1-4,33H2. The van der Waals surface area contributed by atoms with Gasteiger partial charge in [0.25, 0.3) is 0 Å². The Bertz CT molecular complexity index is 1770. The summed E-state index contributed by atoms with van der Waals surface area (Å²) in [5.74, 6) is 19.9. The zero-order valence-corrected chi connectivity index (χ0v) is 19.7. The van der Waals surface area contributed by atoms with Gasteiger partial charge in [-0.2, -0.15) is 0 Å². The Hall–Kier alpha value is 0.430. The van der Waals surface area contributed by atoms with Crippen molar-refractivity contribution < 1.29 is 0 Å². The van der Waals surface area contributed by atoms with E-state index in [9.17, 15) is 0 Å². The summed E-state index contributed by atoms with van der Waals surface area (Å²) in [5, 5.41) is 0.846. The van der Waals surface area contributed by atoms with Crippen molar-refractivity contribution in [3.63, 3.8) is 0 Å². The number of hydrogen-bond acceptors (Lipinski definition) is 0. The van der Waals surface area contributed by atoms with Crippen LogP contribution in [-0.4, -0.2) is 5.16 Å². The minimum Gasteiger partial charge on any atom is -0.130 e. The monoisotopic (exact) mass is 440 g/mol. The molecule has 21 rings (SSSR count). The Morgan fingerprint density at radius 1 is 0.424 bits per heavy atom. The Kier molecular flexibility index (Phi) is 0.736. The Morgan fingerprint density at radius 3 is 1.64 bits per heavy atom. The molecule has 0 nitrogen and oxygen atoms in total. The molecule has 33 heavy (non-hydrogen) atoms. The van der Waals surface area contributed by atoms with Gasteiger partial charge in [0.1, 0.15) is 0 Å². The van der Waals surface area contributed by atoms with E-state index in [0.29, 0.717) is 0 Å². The molecule has 1 heteroatoms. The largest absolute Gasteiger partial charge is 0.130 e. The van der Waals surface area contributed by atoms with E-state index in [1.54, 1.807) is 25.7 Å². The Balaban J connectivity index is 1.04. The van der Waals surface area contributed by atoms with Crippen molar-refractivity contribution in [3.05, 3.63) is 0 Å². The van der Waals surface area contributed by atoms with Gasteiger partial charge in [0.2, 0.25) is 0 Å². The van der Waals surface area contributed by atoms with Gasteiger partial charge in [0, 0.05) is 5.41 Å². The third-order valence-corrected chi connectivity index (χ3v) is 27.3. The molecule has 21 fully saturated rings. The highest BCUT2D eigenvalue weighted by molar-refractivity contribution is 7.19. The van der Waals surface area contributed by atoms with Gasteiger partial charge < -0.3 is 0 Å². The highest BCUT2D eigenvalue weighted by atomic mass is 31.0. The molecular formula is C32H25P. The van der Waals surface area contributed by atoms with Crippen LogP contribution >= 0.6 is 9.24 Å². The van der Waals surface area contributed by atoms with Gasteiger partial charge in [-0.05, 0) is 179 Å². The van der Waals surface area contributed by atoms with Gasteiger partial charge in [0.15, 0.2) is 0 Å². The Morgan fingerprint density at radius 2 is 0.939 bits per heavy atom. The lowest BCUT2D eigenvalue weighted by atomic mass is 8.52. The third kappa shape index (κ3) is 0.310. The van der Waals surface area contributed by atoms with Crippen molar-refractivity contribution in [2.24, 2.45) is 154 Å². The van der Waals surface area contributed by atoms with E-state index in [0.717, 1.165) is 70.1 Å². The van der Waals surface area contributed by atoms with Crippen LogP contribution in [0.5, 0.6) is 0 Å². The SMILES string of the molecule is PC12C3CC4C5CC6C7C8C9C%10C%11CC%12C%13CC%14C%15C%16C1C1%17C%16%18C%15%16C%13%14C%12%11C%10%16C9%18C81C71C56C43C21%17. The molecule has 0 saturated heterocycles. The van der Waals surface area contributed by atoms with Gasteiger partial charge in [-0.1, -0.05) is 0 Å². The molecule has 21 aliphatic carbocycles. The van der Waals surface area contributed by atoms with Crippen molar-refractivity contribution in [2.45, 2.75) is 30.8 Å². The molecule has 0 radical (unpaired) electrons. The molecule has 0 aromatic carbocycles. The summed E-state index contributed by atoms with van der Waals surface area (Å²) in [6.45, 7) is 0. The summed E-state index contributed by atoms with van der Waals surface area (Å²) in [5.41, 5.74) is 12.9. The van der Waals surface area contributed by atoms with E-state index >= 15 is 0 Å². The first kappa shape index (κ1) is 12.3.